The standard InChI is InChI=1S/C35H41Cl2N5O5S2/c1-3-47-31-24-29(49(45,46)41-16-4-5-17-41)14-15-30(31)34-38-32(25-6-10-27(36)11-7-25)33(26-8-12-28(37)13-9-26)42(34)35(43)40-20-18-39(19-21-40)22-23-48(2)44/h6-15,24,32-33H,3-5,16-23H2,1-2H3/t32-,33+,48?/m0/s1. The molecule has 0 radical (unpaired) electrons. The highest BCUT2D eigenvalue weighted by Gasteiger charge is 2.45. The molecule has 3 aliphatic rings. The molecule has 0 aliphatic carbocycles. The number of piperazine rings is 1. The van der Waals surface area contributed by atoms with Crippen molar-refractivity contribution in [2.45, 2.75) is 36.7 Å². The lowest BCUT2D eigenvalue weighted by atomic mass is 9.93. The average Bonchev–Trinajstić information content (AvgIpc) is 3.78. The Bertz CT molecular complexity index is 1810. The van der Waals surface area contributed by atoms with E-state index in [1.807, 2.05) is 48.2 Å². The fourth-order valence-electron chi connectivity index (χ4n) is 6.63. The zero-order valence-corrected chi connectivity index (χ0v) is 30.8. The van der Waals surface area contributed by atoms with Gasteiger partial charge >= 0.3 is 6.03 Å². The highest BCUT2D eigenvalue weighted by Crippen LogP contribution is 2.46. The Morgan fingerprint density at radius 2 is 1.51 bits per heavy atom. The highest BCUT2D eigenvalue weighted by atomic mass is 35.5. The molecule has 0 N–H and O–H groups in total. The van der Waals surface area contributed by atoms with Crippen LogP contribution in [0, 0.1) is 0 Å². The summed E-state index contributed by atoms with van der Waals surface area (Å²) in [5.41, 5.74) is 2.22. The lowest BCUT2D eigenvalue weighted by Gasteiger charge is -2.39. The molecule has 10 nitrogen and oxygen atoms in total. The molecule has 3 aromatic carbocycles. The molecule has 0 aromatic heterocycles. The third-order valence-electron chi connectivity index (χ3n) is 9.23. The van der Waals surface area contributed by atoms with Crippen LogP contribution in [0.1, 0.15) is 48.5 Å². The van der Waals surface area contributed by atoms with E-state index in [1.54, 1.807) is 41.5 Å². The van der Waals surface area contributed by atoms with E-state index in [4.69, 9.17) is 32.9 Å². The van der Waals surface area contributed by atoms with Gasteiger partial charge in [0.25, 0.3) is 0 Å². The number of hydrogen-bond donors (Lipinski definition) is 0. The van der Waals surface area contributed by atoms with Crippen LogP contribution in [0.15, 0.2) is 76.6 Å². The normalized spacial score (nSPS) is 21.2. The minimum atomic E-state index is -3.72. The van der Waals surface area contributed by atoms with Gasteiger partial charge in [-0.25, -0.2) is 13.2 Å². The van der Waals surface area contributed by atoms with Crippen molar-refractivity contribution in [1.82, 2.24) is 19.0 Å². The molecule has 49 heavy (non-hydrogen) atoms. The first-order valence-corrected chi connectivity index (χ1v) is 20.5. The maximum atomic E-state index is 14.8. The molecule has 0 saturated carbocycles. The van der Waals surface area contributed by atoms with Gasteiger partial charge in [-0.15, -0.1) is 0 Å². The Labute approximate surface area is 301 Å². The number of amidine groups is 1. The summed E-state index contributed by atoms with van der Waals surface area (Å²) in [4.78, 5) is 26.0. The number of ether oxygens (including phenoxy) is 1. The molecule has 3 atom stereocenters. The van der Waals surface area contributed by atoms with Crippen LogP contribution in [-0.4, -0.2) is 108 Å². The number of sulfonamides is 1. The smallest absolute Gasteiger partial charge is 0.326 e. The molecular formula is C35H41Cl2N5O5S2. The van der Waals surface area contributed by atoms with Crippen LogP contribution in [0.25, 0.3) is 0 Å². The van der Waals surface area contributed by atoms with E-state index in [2.05, 4.69) is 4.90 Å². The first-order chi connectivity index (χ1) is 23.6. The van der Waals surface area contributed by atoms with Gasteiger partial charge in [0.05, 0.1) is 23.1 Å². The Balaban J connectivity index is 1.45. The zero-order valence-electron chi connectivity index (χ0n) is 27.6. The van der Waals surface area contributed by atoms with Crippen LogP contribution in [0.4, 0.5) is 4.79 Å². The number of halogens is 2. The fourth-order valence-corrected chi connectivity index (χ4v) is 8.93. The molecule has 2 saturated heterocycles. The van der Waals surface area contributed by atoms with Crippen molar-refractivity contribution in [2.75, 3.05) is 64.4 Å². The van der Waals surface area contributed by atoms with Gasteiger partial charge in [-0.1, -0.05) is 47.5 Å². The van der Waals surface area contributed by atoms with Gasteiger partial charge in [0, 0.05) is 84.7 Å². The van der Waals surface area contributed by atoms with Crippen LogP contribution in [0.3, 0.4) is 0 Å². The van der Waals surface area contributed by atoms with Gasteiger partial charge in [-0.2, -0.15) is 4.31 Å². The van der Waals surface area contributed by atoms with Crippen LogP contribution < -0.4 is 4.74 Å². The van der Waals surface area contributed by atoms with Crippen molar-refractivity contribution in [3.8, 4) is 5.75 Å². The molecule has 3 heterocycles. The lowest BCUT2D eigenvalue weighted by Crippen LogP contribution is -2.54. The summed E-state index contributed by atoms with van der Waals surface area (Å²) in [5.74, 6) is 1.31. The summed E-state index contributed by atoms with van der Waals surface area (Å²) in [6, 6.07) is 18.4. The van der Waals surface area contributed by atoms with Crippen molar-refractivity contribution >= 4 is 55.9 Å². The minimum Gasteiger partial charge on any atom is -0.493 e. The Hall–Kier alpha value is -3.00. The molecule has 262 valence electrons. The minimum absolute atomic E-state index is 0.144. The van der Waals surface area contributed by atoms with Crippen molar-refractivity contribution in [2.24, 2.45) is 4.99 Å². The largest absolute Gasteiger partial charge is 0.493 e. The first-order valence-electron chi connectivity index (χ1n) is 16.5. The second kappa shape index (κ2) is 15.5. The van der Waals surface area contributed by atoms with Crippen LogP contribution in [-0.2, 0) is 20.8 Å². The third-order valence-corrected chi connectivity index (χ3v) is 12.4. The van der Waals surface area contributed by atoms with Gasteiger partial charge in [0.15, 0.2) is 0 Å². The second-order valence-corrected chi connectivity index (χ2v) is 16.8. The van der Waals surface area contributed by atoms with Gasteiger partial charge < -0.3 is 9.64 Å². The Morgan fingerprint density at radius 1 is 0.898 bits per heavy atom. The maximum absolute atomic E-state index is 14.8. The zero-order chi connectivity index (χ0) is 34.7. The molecule has 6 rings (SSSR count). The summed E-state index contributed by atoms with van der Waals surface area (Å²) in [6.45, 7) is 6.09. The number of aliphatic imine (C=N–C) groups is 1. The van der Waals surface area contributed by atoms with Gasteiger partial charge in [0.2, 0.25) is 10.0 Å². The molecule has 0 bridgehead atoms. The van der Waals surface area contributed by atoms with Crippen LogP contribution in [0.2, 0.25) is 10.0 Å². The number of urea groups is 1. The van der Waals surface area contributed by atoms with E-state index in [0.29, 0.717) is 78.8 Å². The van der Waals surface area contributed by atoms with Gasteiger partial charge in [0.1, 0.15) is 17.6 Å². The summed E-state index contributed by atoms with van der Waals surface area (Å²) in [6.07, 6.45) is 3.36. The van der Waals surface area contributed by atoms with Crippen molar-refractivity contribution < 1.29 is 22.2 Å². The Kier molecular flexibility index (Phi) is 11.3. The van der Waals surface area contributed by atoms with E-state index in [-0.39, 0.29) is 17.5 Å². The quantitative estimate of drug-likeness (QED) is 0.259. The van der Waals surface area contributed by atoms with Crippen molar-refractivity contribution in [1.29, 1.82) is 0 Å². The van der Waals surface area contributed by atoms with E-state index >= 15 is 0 Å². The number of nitrogens with zero attached hydrogens (tertiary/aromatic N) is 5. The second-order valence-electron chi connectivity index (χ2n) is 12.4. The van der Waals surface area contributed by atoms with E-state index in [9.17, 15) is 17.4 Å². The van der Waals surface area contributed by atoms with Crippen molar-refractivity contribution in [3.05, 3.63) is 93.5 Å². The average molecular weight is 747 g/mol. The number of amides is 2. The Morgan fingerprint density at radius 3 is 2.10 bits per heavy atom. The van der Waals surface area contributed by atoms with Crippen LogP contribution in [0.5, 0.6) is 5.75 Å². The molecule has 3 aliphatic heterocycles. The summed E-state index contributed by atoms with van der Waals surface area (Å²) in [5, 5.41) is 1.15. The SMILES string of the molecule is CCOc1cc(S(=O)(=O)N2CCCC2)ccc1C1=N[C@@H](c2ccc(Cl)cc2)[C@@H](c2ccc(Cl)cc2)N1C(=O)N1CCN(CCS(C)=O)CC1. The van der Waals surface area contributed by atoms with Gasteiger partial charge in [-0.05, 0) is 67.3 Å². The molecule has 0 spiro atoms. The number of benzene rings is 3. The maximum Gasteiger partial charge on any atom is 0.326 e. The number of rotatable bonds is 10. The number of hydrogen-bond acceptors (Lipinski definition) is 7. The summed E-state index contributed by atoms with van der Waals surface area (Å²) >= 11 is 12.6. The molecule has 1 unspecified atom stereocenters. The third kappa shape index (κ3) is 7.84. The highest BCUT2D eigenvalue weighted by molar-refractivity contribution is 7.89. The monoisotopic (exact) mass is 745 g/mol. The van der Waals surface area contributed by atoms with E-state index in [1.165, 1.54) is 4.31 Å². The predicted molar refractivity (Wildman–Crippen MR) is 195 cm³/mol. The van der Waals surface area contributed by atoms with E-state index < -0.39 is 32.9 Å². The molecule has 2 amide bonds. The summed E-state index contributed by atoms with van der Waals surface area (Å²) in [7, 11) is -4.61. The van der Waals surface area contributed by atoms with E-state index in [0.717, 1.165) is 24.0 Å². The molecule has 2 fully saturated rings. The van der Waals surface area contributed by atoms with Crippen molar-refractivity contribution in [3.63, 3.8) is 0 Å². The lowest BCUT2D eigenvalue weighted by molar-refractivity contribution is 0.122. The summed E-state index contributed by atoms with van der Waals surface area (Å²) < 4.78 is 46.5. The number of carbonyl (C=O) groups excluding carboxylic acids is 1. The predicted octanol–water partition coefficient (Wildman–Crippen LogP) is 5.84. The van der Waals surface area contributed by atoms with Crippen LogP contribution >= 0.6 is 23.2 Å². The molecule has 3 aromatic rings. The van der Waals surface area contributed by atoms with Gasteiger partial charge in [-0.3, -0.25) is 19.0 Å². The topological polar surface area (TPSA) is 103 Å². The molecular weight excluding hydrogens is 705 g/mol. The first kappa shape index (κ1) is 35.8. The fraction of sp³-hybridized carbons (Fsp3) is 0.429. The number of carbonyl (C=O) groups is 1. The molecule has 14 heteroatoms.